The van der Waals surface area contributed by atoms with Crippen molar-refractivity contribution in [2.24, 2.45) is 5.92 Å². The standard InChI is InChI=1S/C19H25N3O4S/c1-13(21-19(23)15-8-10-27(24,25)11-9-15)18-12-20-22(14(18)2)16-4-6-17(26-3)7-5-16/h4-7,12-13,15H,8-11H2,1-3H3,(H,21,23)/t13-/m0/s1. The Morgan fingerprint density at radius 3 is 2.48 bits per heavy atom. The first-order chi connectivity index (χ1) is 12.8. The van der Waals surface area contributed by atoms with Crippen LogP contribution in [0.2, 0.25) is 0 Å². The second kappa shape index (κ2) is 7.72. The zero-order valence-electron chi connectivity index (χ0n) is 15.8. The van der Waals surface area contributed by atoms with Gasteiger partial charge in [0.25, 0.3) is 0 Å². The molecule has 0 bridgehead atoms. The number of rotatable bonds is 5. The Kier molecular flexibility index (Phi) is 5.55. The van der Waals surface area contributed by atoms with Gasteiger partial charge < -0.3 is 10.1 Å². The van der Waals surface area contributed by atoms with Crippen LogP contribution in [0.4, 0.5) is 0 Å². The number of methoxy groups -OCH3 is 1. The summed E-state index contributed by atoms with van der Waals surface area (Å²) in [5, 5.41) is 7.46. The van der Waals surface area contributed by atoms with Crippen LogP contribution in [0.3, 0.4) is 0 Å². The molecule has 3 rings (SSSR count). The fraction of sp³-hybridized carbons (Fsp3) is 0.474. The van der Waals surface area contributed by atoms with E-state index in [-0.39, 0.29) is 29.4 Å². The lowest BCUT2D eigenvalue weighted by atomic mass is 10.0. The average Bonchev–Trinajstić information content (AvgIpc) is 3.03. The summed E-state index contributed by atoms with van der Waals surface area (Å²) in [6, 6.07) is 7.39. The van der Waals surface area contributed by atoms with Gasteiger partial charge in [0, 0.05) is 17.2 Å². The van der Waals surface area contributed by atoms with Gasteiger partial charge in [-0.05, 0) is 51.0 Å². The zero-order chi connectivity index (χ0) is 19.6. The molecular formula is C19H25N3O4S. The number of nitrogens with one attached hydrogen (secondary N) is 1. The van der Waals surface area contributed by atoms with E-state index < -0.39 is 9.84 Å². The van der Waals surface area contributed by atoms with Crippen LogP contribution in [0, 0.1) is 12.8 Å². The first kappa shape index (κ1) is 19.4. The van der Waals surface area contributed by atoms with Crippen LogP contribution in [0.5, 0.6) is 5.75 Å². The molecule has 1 N–H and O–H groups in total. The molecule has 146 valence electrons. The maximum absolute atomic E-state index is 12.5. The molecule has 2 heterocycles. The summed E-state index contributed by atoms with van der Waals surface area (Å²) in [4.78, 5) is 12.5. The molecular weight excluding hydrogens is 366 g/mol. The molecule has 0 spiro atoms. The van der Waals surface area contributed by atoms with E-state index in [1.165, 1.54) is 0 Å². The lowest BCUT2D eigenvalue weighted by Crippen LogP contribution is -2.37. The summed E-state index contributed by atoms with van der Waals surface area (Å²) in [5.74, 6) is 0.628. The summed E-state index contributed by atoms with van der Waals surface area (Å²) in [7, 11) is -1.35. The quantitative estimate of drug-likeness (QED) is 0.844. The third kappa shape index (κ3) is 4.32. The monoisotopic (exact) mass is 391 g/mol. The number of carbonyl (C=O) groups excluding carboxylic acids is 1. The second-order valence-corrected chi connectivity index (χ2v) is 9.26. The van der Waals surface area contributed by atoms with Gasteiger partial charge in [0.2, 0.25) is 5.91 Å². The van der Waals surface area contributed by atoms with Crippen LogP contribution in [0.1, 0.15) is 37.1 Å². The summed E-state index contributed by atoms with van der Waals surface area (Å²) in [6.45, 7) is 3.88. The molecule has 1 saturated heterocycles. The fourth-order valence-electron chi connectivity index (χ4n) is 3.39. The molecule has 1 aromatic heterocycles. The van der Waals surface area contributed by atoms with Gasteiger partial charge in [-0.15, -0.1) is 0 Å². The number of ether oxygens (including phenoxy) is 1. The molecule has 7 nitrogen and oxygen atoms in total. The molecule has 1 fully saturated rings. The number of hydrogen-bond donors (Lipinski definition) is 1. The van der Waals surface area contributed by atoms with Gasteiger partial charge in [-0.2, -0.15) is 5.10 Å². The van der Waals surface area contributed by atoms with Gasteiger partial charge >= 0.3 is 0 Å². The number of carbonyl (C=O) groups is 1. The minimum Gasteiger partial charge on any atom is -0.497 e. The highest BCUT2D eigenvalue weighted by Gasteiger charge is 2.29. The highest BCUT2D eigenvalue weighted by Crippen LogP contribution is 2.24. The Morgan fingerprint density at radius 1 is 1.26 bits per heavy atom. The maximum atomic E-state index is 12.5. The summed E-state index contributed by atoms with van der Waals surface area (Å²) in [5.41, 5.74) is 2.79. The predicted molar refractivity (Wildman–Crippen MR) is 103 cm³/mol. The Labute approximate surface area is 159 Å². The van der Waals surface area contributed by atoms with Crippen molar-refractivity contribution < 1.29 is 17.9 Å². The van der Waals surface area contributed by atoms with E-state index in [0.717, 1.165) is 22.7 Å². The normalized spacial score (nSPS) is 18.0. The van der Waals surface area contributed by atoms with Crippen molar-refractivity contribution in [3.8, 4) is 11.4 Å². The molecule has 2 aromatic rings. The van der Waals surface area contributed by atoms with Crippen molar-refractivity contribution in [3.05, 3.63) is 41.7 Å². The molecule has 1 aromatic carbocycles. The minimum absolute atomic E-state index is 0.0889. The van der Waals surface area contributed by atoms with Crippen molar-refractivity contribution in [1.29, 1.82) is 0 Å². The van der Waals surface area contributed by atoms with E-state index in [4.69, 9.17) is 4.74 Å². The molecule has 0 radical (unpaired) electrons. The number of benzene rings is 1. The Balaban J connectivity index is 1.69. The van der Waals surface area contributed by atoms with Crippen LogP contribution in [0.25, 0.3) is 5.69 Å². The first-order valence-corrected chi connectivity index (χ1v) is 10.8. The highest BCUT2D eigenvalue weighted by molar-refractivity contribution is 7.91. The first-order valence-electron chi connectivity index (χ1n) is 9.00. The van der Waals surface area contributed by atoms with Crippen LogP contribution in [-0.4, -0.2) is 42.7 Å². The number of nitrogens with zero attached hydrogens (tertiary/aromatic N) is 2. The molecule has 8 heteroatoms. The minimum atomic E-state index is -2.97. The van der Waals surface area contributed by atoms with Crippen LogP contribution in [0.15, 0.2) is 30.5 Å². The Hall–Kier alpha value is -2.35. The fourth-order valence-corrected chi connectivity index (χ4v) is 4.88. The molecule has 1 aliphatic rings. The largest absolute Gasteiger partial charge is 0.497 e. The smallest absolute Gasteiger partial charge is 0.223 e. The summed E-state index contributed by atoms with van der Waals surface area (Å²) >= 11 is 0. The lowest BCUT2D eigenvalue weighted by Gasteiger charge is -2.23. The Bertz CT molecular complexity index is 905. The van der Waals surface area contributed by atoms with Gasteiger partial charge in [0.15, 0.2) is 0 Å². The van der Waals surface area contributed by atoms with Gasteiger partial charge in [-0.25, -0.2) is 13.1 Å². The Morgan fingerprint density at radius 2 is 1.89 bits per heavy atom. The van der Waals surface area contributed by atoms with Gasteiger partial charge in [-0.3, -0.25) is 4.79 Å². The topological polar surface area (TPSA) is 90.3 Å². The van der Waals surface area contributed by atoms with E-state index >= 15 is 0 Å². The third-order valence-corrected chi connectivity index (χ3v) is 6.83. The van der Waals surface area contributed by atoms with Gasteiger partial charge in [0.05, 0.1) is 36.5 Å². The third-order valence-electron chi connectivity index (χ3n) is 5.12. The van der Waals surface area contributed by atoms with Crippen molar-refractivity contribution in [1.82, 2.24) is 15.1 Å². The SMILES string of the molecule is COc1ccc(-n2ncc([C@H](C)NC(=O)C3CCS(=O)(=O)CC3)c2C)cc1. The average molecular weight is 391 g/mol. The highest BCUT2D eigenvalue weighted by atomic mass is 32.2. The summed E-state index contributed by atoms with van der Waals surface area (Å²) < 4.78 is 30.1. The number of amides is 1. The molecule has 1 aliphatic heterocycles. The van der Waals surface area contributed by atoms with E-state index in [9.17, 15) is 13.2 Å². The van der Waals surface area contributed by atoms with Crippen molar-refractivity contribution in [2.45, 2.75) is 32.7 Å². The van der Waals surface area contributed by atoms with Gasteiger partial charge in [0.1, 0.15) is 15.6 Å². The molecule has 0 unspecified atom stereocenters. The van der Waals surface area contributed by atoms with Crippen LogP contribution < -0.4 is 10.1 Å². The zero-order valence-corrected chi connectivity index (χ0v) is 16.6. The van der Waals surface area contributed by atoms with Crippen LogP contribution in [-0.2, 0) is 14.6 Å². The van der Waals surface area contributed by atoms with E-state index in [1.807, 2.05) is 42.8 Å². The molecule has 27 heavy (non-hydrogen) atoms. The van der Waals surface area contributed by atoms with Crippen molar-refractivity contribution >= 4 is 15.7 Å². The molecule has 1 atom stereocenters. The number of sulfone groups is 1. The van der Waals surface area contributed by atoms with Crippen molar-refractivity contribution in [2.75, 3.05) is 18.6 Å². The molecule has 0 saturated carbocycles. The lowest BCUT2D eigenvalue weighted by molar-refractivity contribution is -0.125. The number of hydrogen-bond acceptors (Lipinski definition) is 5. The van der Waals surface area contributed by atoms with Crippen LogP contribution >= 0.6 is 0 Å². The number of aromatic nitrogens is 2. The van der Waals surface area contributed by atoms with Crippen molar-refractivity contribution in [3.63, 3.8) is 0 Å². The predicted octanol–water partition coefficient (Wildman–Crippen LogP) is 2.19. The summed E-state index contributed by atoms with van der Waals surface area (Å²) in [6.07, 6.45) is 2.55. The molecule has 1 amide bonds. The van der Waals surface area contributed by atoms with E-state index in [1.54, 1.807) is 13.3 Å². The maximum Gasteiger partial charge on any atom is 0.223 e. The second-order valence-electron chi connectivity index (χ2n) is 6.95. The van der Waals surface area contributed by atoms with E-state index in [2.05, 4.69) is 10.4 Å². The van der Waals surface area contributed by atoms with Gasteiger partial charge in [-0.1, -0.05) is 0 Å². The molecule has 0 aliphatic carbocycles. The van der Waals surface area contributed by atoms with E-state index in [0.29, 0.717) is 12.8 Å².